The number of hydrogen-bond acceptors (Lipinski definition) is 7. The first-order chi connectivity index (χ1) is 10.2. The molecular formula is C13H8N6OS. The zero-order valence-corrected chi connectivity index (χ0v) is 11.8. The van der Waals surface area contributed by atoms with Gasteiger partial charge in [-0.05, 0) is 18.4 Å². The maximum absolute atomic E-state index is 9.15. The zero-order chi connectivity index (χ0) is 14.8. The van der Waals surface area contributed by atoms with Crippen molar-refractivity contribution in [2.24, 2.45) is 0 Å². The molecule has 0 fully saturated rings. The summed E-state index contributed by atoms with van der Waals surface area (Å²) in [6.07, 6.45) is 0. The molecule has 0 spiro atoms. The Labute approximate surface area is 123 Å². The molecule has 0 bridgehead atoms. The number of thiophene rings is 1. The van der Waals surface area contributed by atoms with Gasteiger partial charge in [-0.1, -0.05) is 11.2 Å². The summed E-state index contributed by atoms with van der Waals surface area (Å²) in [6.45, 7) is 1.93. The predicted octanol–water partition coefficient (Wildman–Crippen LogP) is 2.09. The summed E-state index contributed by atoms with van der Waals surface area (Å²) in [4.78, 5) is 9.24. The highest BCUT2D eigenvalue weighted by molar-refractivity contribution is 7.13. The molecule has 3 rings (SSSR count). The van der Waals surface area contributed by atoms with Crippen LogP contribution in [0.2, 0.25) is 0 Å². The molecule has 0 aliphatic rings. The maximum atomic E-state index is 9.15. The molecule has 0 unspecified atom stereocenters. The van der Waals surface area contributed by atoms with Crippen LogP contribution in [0.15, 0.2) is 22.0 Å². The lowest BCUT2D eigenvalue weighted by Crippen LogP contribution is -2.05. The minimum absolute atomic E-state index is 0.105. The van der Waals surface area contributed by atoms with Crippen molar-refractivity contribution in [1.82, 2.24) is 19.7 Å². The van der Waals surface area contributed by atoms with E-state index in [0.717, 1.165) is 4.88 Å². The average molecular weight is 296 g/mol. The van der Waals surface area contributed by atoms with Gasteiger partial charge in [-0.25, -0.2) is 4.98 Å². The molecule has 0 atom stereocenters. The summed E-state index contributed by atoms with van der Waals surface area (Å²) in [7, 11) is 0. The molecule has 0 radical (unpaired) electrons. The number of aryl methyl sites for hydroxylation is 1. The Morgan fingerprint density at radius 2 is 2.19 bits per heavy atom. The van der Waals surface area contributed by atoms with Crippen LogP contribution in [0.3, 0.4) is 0 Å². The van der Waals surface area contributed by atoms with E-state index >= 15 is 0 Å². The van der Waals surface area contributed by atoms with Crippen LogP contribution in [0.25, 0.3) is 10.7 Å². The molecule has 0 aromatic carbocycles. The molecule has 0 aliphatic heterocycles. The Bertz CT molecular complexity index is 862. The van der Waals surface area contributed by atoms with Gasteiger partial charge >= 0.3 is 0 Å². The van der Waals surface area contributed by atoms with Gasteiger partial charge in [0.1, 0.15) is 24.5 Å². The van der Waals surface area contributed by atoms with E-state index in [4.69, 9.17) is 15.0 Å². The van der Waals surface area contributed by atoms with Crippen molar-refractivity contribution in [3.8, 4) is 22.8 Å². The van der Waals surface area contributed by atoms with E-state index in [1.54, 1.807) is 11.5 Å². The lowest BCUT2D eigenvalue weighted by atomic mass is 10.3. The highest BCUT2D eigenvalue weighted by atomic mass is 32.1. The van der Waals surface area contributed by atoms with Gasteiger partial charge in [-0.3, -0.25) is 0 Å². The first kappa shape index (κ1) is 13.0. The first-order valence-corrected chi connectivity index (χ1v) is 6.84. The minimum Gasteiger partial charge on any atom is -0.337 e. The molecule has 3 heterocycles. The third-order valence-electron chi connectivity index (χ3n) is 2.87. The lowest BCUT2D eigenvalue weighted by molar-refractivity contribution is 0.370. The van der Waals surface area contributed by atoms with Crippen LogP contribution < -0.4 is 0 Å². The highest BCUT2D eigenvalue weighted by Gasteiger charge is 2.17. The van der Waals surface area contributed by atoms with Gasteiger partial charge in [0, 0.05) is 0 Å². The Morgan fingerprint density at radius 3 is 2.86 bits per heavy atom. The highest BCUT2D eigenvalue weighted by Crippen LogP contribution is 2.22. The third kappa shape index (κ3) is 2.29. The van der Waals surface area contributed by atoms with Crippen molar-refractivity contribution in [2.75, 3.05) is 0 Å². The molecule has 0 N–H and O–H groups in total. The van der Waals surface area contributed by atoms with E-state index in [1.807, 2.05) is 29.7 Å². The van der Waals surface area contributed by atoms with E-state index < -0.39 is 0 Å². The maximum Gasteiger partial charge on any atom is 0.247 e. The Balaban J connectivity index is 1.94. The van der Waals surface area contributed by atoms with Gasteiger partial charge in [0.05, 0.1) is 4.88 Å². The number of imidazole rings is 1. The molecule has 102 valence electrons. The normalized spacial score (nSPS) is 10.2. The quantitative estimate of drug-likeness (QED) is 0.733. The van der Waals surface area contributed by atoms with Crippen LogP contribution >= 0.6 is 11.3 Å². The largest absolute Gasteiger partial charge is 0.337 e. The number of rotatable bonds is 3. The summed E-state index contributed by atoms with van der Waals surface area (Å²) in [6, 6.07) is 7.69. The Kier molecular flexibility index (Phi) is 3.22. The molecule has 0 aliphatic carbocycles. The van der Waals surface area contributed by atoms with Gasteiger partial charge in [-0.15, -0.1) is 11.3 Å². The fourth-order valence-electron chi connectivity index (χ4n) is 1.91. The van der Waals surface area contributed by atoms with Crippen molar-refractivity contribution in [1.29, 1.82) is 10.5 Å². The zero-order valence-electron chi connectivity index (χ0n) is 10.9. The fourth-order valence-corrected chi connectivity index (χ4v) is 2.56. The standard InChI is InChI=1S/C13H8N6OS/c1-8-16-9(5-14)10(6-15)19(8)7-12-17-13(18-20-12)11-3-2-4-21-11/h2-4H,7H2,1H3. The smallest absolute Gasteiger partial charge is 0.247 e. The van der Waals surface area contributed by atoms with Crippen LogP contribution in [0, 0.1) is 29.6 Å². The van der Waals surface area contributed by atoms with Gasteiger partial charge in [-0.2, -0.15) is 15.5 Å². The van der Waals surface area contributed by atoms with Crippen molar-refractivity contribution < 1.29 is 4.52 Å². The number of hydrogen-bond donors (Lipinski definition) is 0. The van der Waals surface area contributed by atoms with Crippen LogP contribution in [-0.4, -0.2) is 19.7 Å². The molecule has 21 heavy (non-hydrogen) atoms. The van der Waals surface area contributed by atoms with Crippen LogP contribution in [0.4, 0.5) is 0 Å². The third-order valence-corrected chi connectivity index (χ3v) is 3.74. The Hall–Kier alpha value is -2.97. The monoisotopic (exact) mass is 296 g/mol. The van der Waals surface area contributed by atoms with Crippen molar-refractivity contribution >= 4 is 11.3 Å². The summed E-state index contributed by atoms with van der Waals surface area (Å²) < 4.78 is 6.78. The van der Waals surface area contributed by atoms with E-state index in [-0.39, 0.29) is 17.9 Å². The fraction of sp³-hybridized carbons (Fsp3) is 0.154. The minimum atomic E-state index is 0.105. The lowest BCUT2D eigenvalue weighted by Gasteiger charge is -2.01. The molecule has 0 saturated carbocycles. The SMILES string of the molecule is Cc1nc(C#N)c(C#N)n1Cc1nc(-c2cccs2)no1. The van der Waals surface area contributed by atoms with Crippen LogP contribution in [0.1, 0.15) is 23.1 Å². The second-order valence-corrected chi connectivity index (χ2v) is 5.10. The second-order valence-electron chi connectivity index (χ2n) is 4.16. The molecule has 3 aromatic rings. The molecule has 0 saturated heterocycles. The van der Waals surface area contributed by atoms with E-state index in [2.05, 4.69) is 15.1 Å². The molecular weight excluding hydrogens is 288 g/mol. The number of nitrogens with zero attached hydrogens (tertiary/aromatic N) is 6. The van der Waals surface area contributed by atoms with E-state index in [0.29, 0.717) is 17.5 Å². The van der Waals surface area contributed by atoms with E-state index in [9.17, 15) is 0 Å². The summed E-state index contributed by atoms with van der Waals surface area (Å²) >= 11 is 1.51. The van der Waals surface area contributed by atoms with Gasteiger partial charge < -0.3 is 9.09 Å². The van der Waals surface area contributed by atoms with Gasteiger partial charge in [0.15, 0.2) is 11.4 Å². The van der Waals surface area contributed by atoms with Crippen molar-refractivity contribution in [2.45, 2.75) is 13.5 Å². The van der Waals surface area contributed by atoms with Crippen LogP contribution in [-0.2, 0) is 6.54 Å². The molecule has 7 nitrogen and oxygen atoms in total. The summed E-state index contributed by atoms with van der Waals surface area (Å²) in [5, 5.41) is 23.9. The van der Waals surface area contributed by atoms with E-state index in [1.165, 1.54) is 11.3 Å². The molecule has 3 aromatic heterocycles. The molecule has 8 heteroatoms. The second kappa shape index (κ2) is 5.19. The van der Waals surface area contributed by atoms with Gasteiger partial charge in [0.2, 0.25) is 11.7 Å². The van der Waals surface area contributed by atoms with Crippen molar-refractivity contribution in [3.63, 3.8) is 0 Å². The first-order valence-electron chi connectivity index (χ1n) is 5.96. The molecule has 0 amide bonds. The Morgan fingerprint density at radius 1 is 1.33 bits per heavy atom. The van der Waals surface area contributed by atoms with Gasteiger partial charge in [0.25, 0.3) is 0 Å². The number of aromatic nitrogens is 4. The predicted molar refractivity (Wildman–Crippen MR) is 73.1 cm³/mol. The summed E-state index contributed by atoms with van der Waals surface area (Å²) in [5.74, 6) is 1.43. The topological polar surface area (TPSA) is 104 Å². The average Bonchev–Trinajstić information content (AvgIpc) is 3.20. The summed E-state index contributed by atoms with van der Waals surface area (Å²) in [5.41, 5.74) is 0.305. The number of nitriles is 2. The van der Waals surface area contributed by atoms with Crippen molar-refractivity contribution in [3.05, 3.63) is 40.6 Å². The van der Waals surface area contributed by atoms with Crippen LogP contribution in [0.5, 0.6) is 0 Å².